The molecule has 1 aromatic rings. The molecule has 4 heteroatoms. The number of hydrazine groups is 1. The number of nitrogens with one attached hydrogen (secondary N) is 2. The fourth-order valence-corrected chi connectivity index (χ4v) is 1.32. The van der Waals surface area contributed by atoms with E-state index in [1.165, 1.54) is 6.92 Å². The number of nitrogens with two attached hydrogens (primary N) is 1. The Morgan fingerprint density at radius 3 is 2.88 bits per heavy atom. The molecule has 86 valence electrons. The van der Waals surface area contributed by atoms with Crippen molar-refractivity contribution < 1.29 is 4.79 Å². The molecule has 0 spiro atoms. The highest BCUT2D eigenvalue weighted by atomic mass is 16.1. The lowest BCUT2D eigenvalue weighted by Gasteiger charge is -2.03. The molecule has 4 N–H and O–H groups in total. The number of para-hydroxylation sites is 1. The van der Waals surface area contributed by atoms with Crippen LogP contribution in [-0.4, -0.2) is 12.5 Å². The summed E-state index contributed by atoms with van der Waals surface area (Å²) in [6, 6.07) is 7.76. The predicted octanol–water partition coefficient (Wildman–Crippen LogP) is 1.51. The molecule has 0 saturated carbocycles. The van der Waals surface area contributed by atoms with Crippen LogP contribution in [0.25, 0.3) is 6.08 Å². The quantitative estimate of drug-likeness (QED) is 0.399. The molecule has 1 amide bonds. The van der Waals surface area contributed by atoms with Gasteiger partial charge in [0.1, 0.15) is 0 Å². The summed E-state index contributed by atoms with van der Waals surface area (Å²) < 4.78 is 0. The van der Waals surface area contributed by atoms with Crippen molar-refractivity contribution >= 4 is 17.7 Å². The van der Waals surface area contributed by atoms with Crippen molar-refractivity contribution in [2.75, 3.05) is 12.0 Å². The van der Waals surface area contributed by atoms with E-state index in [0.29, 0.717) is 6.54 Å². The minimum Gasteiger partial charge on any atom is -0.356 e. The van der Waals surface area contributed by atoms with Gasteiger partial charge in [0.25, 0.3) is 0 Å². The zero-order valence-electron chi connectivity index (χ0n) is 9.36. The maximum absolute atomic E-state index is 10.6. The van der Waals surface area contributed by atoms with E-state index in [2.05, 4.69) is 10.7 Å². The Labute approximate surface area is 95.5 Å². The number of benzene rings is 1. The second-order valence-corrected chi connectivity index (χ2v) is 3.41. The number of hydrogen-bond acceptors (Lipinski definition) is 3. The van der Waals surface area contributed by atoms with Gasteiger partial charge in [0.2, 0.25) is 5.91 Å². The lowest BCUT2D eigenvalue weighted by molar-refractivity contribution is -0.118. The molecule has 0 aliphatic heterocycles. The van der Waals surface area contributed by atoms with Crippen LogP contribution in [0.1, 0.15) is 18.9 Å². The highest BCUT2D eigenvalue weighted by Gasteiger charge is 1.94. The number of nitrogen functional groups attached to an aromatic ring is 1. The van der Waals surface area contributed by atoms with Crippen molar-refractivity contribution in [1.29, 1.82) is 0 Å². The molecule has 1 rings (SSSR count). The van der Waals surface area contributed by atoms with Gasteiger partial charge in [-0.25, -0.2) is 0 Å². The number of rotatable bonds is 5. The first kappa shape index (κ1) is 12.3. The summed E-state index contributed by atoms with van der Waals surface area (Å²) in [5.41, 5.74) is 4.56. The van der Waals surface area contributed by atoms with Crippen LogP contribution in [0.5, 0.6) is 0 Å². The fourth-order valence-electron chi connectivity index (χ4n) is 1.32. The van der Waals surface area contributed by atoms with Crippen molar-refractivity contribution in [3.63, 3.8) is 0 Å². The van der Waals surface area contributed by atoms with Crippen molar-refractivity contribution in [1.82, 2.24) is 5.32 Å². The van der Waals surface area contributed by atoms with E-state index < -0.39 is 0 Å². The third-order valence-electron chi connectivity index (χ3n) is 2.10. The second kappa shape index (κ2) is 6.63. The number of carbonyl (C=O) groups is 1. The Hall–Kier alpha value is -1.81. The maximum Gasteiger partial charge on any atom is 0.216 e. The average molecular weight is 219 g/mol. The van der Waals surface area contributed by atoms with Gasteiger partial charge in [-0.1, -0.05) is 30.4 Å². The van der Waals surface area contributed by atoms with Crippen molar-refractivity contribution in [2.45, 2.75) is 13.3 Å². The Kier molecular flexibility index (Phi) is 5.08. The van der Waals surface area contributed by atoms with Crippen molar-refractivity contribution in [2.24, 2.45) is 5.84 Å². The molecular weight excluding hydrogens is 202 g/mol. The number of anilines is 1. The van der Waals surface area contributed by atoms with Crippen LogP contribution in [0, 0.1) is 0 Å². The summed E-state index contributed by atoms with van der Waals surface area (Å²) in [6.45, 7) is 2.17. The molecule has 0 aliphatic rings. The van der Waals surface area contributed by atoms with E-state index in [9.17, 15) is 4.79 Å². The topological polar surface area (TPSA) is 67.2 Å². The number of hydrogen-bond donors (Lipinski definition) is 3. The molecule has 0 atom stereocenters. The first-order valence-electron chi connectivity index (χ1n) is 5.20. The van der Waals surface area contributed by atoms with Gasteiger partial charge in [0, 0.05) is 13.5 Å². The molecule has 0 aromatic heterocycles. The third-order valence-corrected chi connectivity index (χ3v) is 2.10. The zero-order valence-corrected chi connectivity index (χ0v) is 9.36. The lowest BCUT2D eigenvalue weighted by Crippen LogP contribution is -2.20. The molecule has 0 fully saturated rings. The molecule has 4 nitrogen and oxygen atoms in total. The monoisotopic (exact) mass is 219 g/mol. The first-order valence-corrected chi connectivity index (χ1v) is 5.20. The minimum atomic E-state index is -0.00238. The third kappa shape index (κ3) is 4.14. The summed E-state index contributed by atoms with van der Waals surface area (Å²) in [5, 5.41) is 2.73. The molecule has 0 radical (unpaired) electrons. The molecular formula is C12H17N3O. The van der Waals surface area contributed by atoms with Crippen LogP contribution >= 0.6 is 0 Å². The normalized spacial score (nSPS) is 10.4. The summed E-state index contributed by atoms with van der Waals surface area (Å²) >= 11 is 0. The summed E-state index contributed by atoms with van der Waals surface area (Å²) in [4.78, 5) is 10.6. The summed E-state index contributed by atoms with van der Waals surface area (Å²) in [5.74, 6) is 5.38. The fraction of sp³-hybridized carbons (Fsp3) is 0.250. The summed E-state index contributed by atoms with van der Waals surface area (Å²) in [6.07, 6.45) is 4.79. The van der Waals surface area contributed by atoms with Gasteiger partial charge >= 0.3 is 0 Å². The van der Waals surface area contributed by atoms with Crippen LogP contribution in [0.4, 0.5) is 5.69 Å². The van der Waals surface area contributed by atoms with Gasteiger partial charge in [-0.2, -0.15) is 0 Å². The van der Waals surface area contributed by atoms with Gasteiger partial charge in [-0.05, 0) is 18.1 Å². The van der Waals surface area contributed by atoms with Crippen LogP contribution in [0.15, 0.2) is 30.3 Å². The highest BCUT2D eigenvalue weighted by Crippen LogP contribution is 2.15. The average Bonchev–Trinajstić information content (AvgIpc) is 2.29. The second-order valence-electron chi connectivity index (χ2n) is 3.41. The Balaban J connectivity index is 2.46. The maximum atomic E-state index is 10.6. The number of carbonyl (C=O) groups excluding carboxylic acids is 1. The van der Waals surface area contributed by atoms with Crippen LogP contribution in [-0.2, 0) is 4.79 Å². The lowest BCUT2D eigenvalue weighted by atomic mass is 10.1. The molecule has 0 unspecified atom stereocenters. The first-order chi connectivity index (χ1) is 7.74. The van der Waals surface area contributed by atoms with Gasteiger partial charge in [0.05, 0.1) is 5.69 Å². The van der Waals surface area contributed by atoms with E-state index in [4.69, 9.17) is 5.84 Å². The molecule has 0 aliphatic carbocycles. The molecule has 1 aromatic carbocycles. The SMILES string of the molecule is CC(=O)NCCC=Cc1ccccc1NN. The molecule has 0 saturated heterocycles. The van der Waals surface area contributed by atoms with Crippen molar-refractivity contribution in [3.05, 3.63) is 35.9 Å². The molecule has 16 heavy (non-hydrogen) atoms. The van der Waals surface area contributed by atoms with Crippen molar-refractivity contribution in [3.8, 4) is 0 Å². The van der Waals surface area contributed by atoms with Gasteiger partial charge in [-0.15, -0.1) is 0 Å². The van der Waals surface area contributed by atoms with Crippen LogP contribution in [0.3, 0.4) is 0 Å². The van der Waals surface area contributed by atoms with E-state index in [1.54, 1.807) is 0 Å². The van der Waals surface area contributed by atoms with Gasteiger partial charge < -0.3 is 10.7 Å². The largest absolute Gasteiger partial charge is 0.356 e. The summed E-state index contributed by atoms with van der Waals surface area (Å²) in [7, 11) is 0. The molecule has 0 heterocycles. The smallest absolute Gasteiger partial charge is 0.216 e. The number of amides is 1. The predicted molar refractivity (Wildman–Crippen MR) is 66.6 cm³/mol. The van der Waals surface area contributed by atoms with Crippen LogP contribution in [0.2, 0.25) is 0 Å². The standard InChI is InChI=1S/C12H17N3O/c1-10(16)14-9-5-4-7-11-6-2-3-8-12(11)15-13/h2-4,6-8,15H,5,9,13H2,1H3,(H,14,16). The van der Waals surface area contributed by atoms with Gasteiger partial charge in [-0.3, -0.25) is 10.6 Å². The van der Waals surface area contributed by atoms with Crippen LogP contribution < -0.4 is 16.6 Å². The Bertz CT molecular complexity index is 374. The van der Waals surface area contributed by atoms with E-state index in [-0.39, 0.29) is 5.91 Å². The van der Waals surface area contributed by atoms with Gasteiger partial charge in [0.15, 0.2) is 0 Å². The minimum absolute atomic E-state index is 0.00238. The van der Waals surface area contributed by atoms with E-state index in [1.807, 2.05) is 36.4 Å². The van der Waals surface area contributed by atoms with E-state index >= 15 is 0 Å². The zero-order chi connectivity index (χ0) is 11.8. The molecule has 0 bridgehead atoms. The Morgan fingerprint density at radius 1 is 1.44 bits per heavy atom. The van der Waals surface area contributed by atoms with E-state index in [0.717, 1.165) is 17.7 Å². The Morgan fingerprint density at radius 2 is 2.19 bits per heavy atom. The highest BCUT2D eigenvalue weighted by molar-refractivity contribution is 5.72.